The first-order valence-corrected chi connectivity index (χ1v) is 8.70. The summed E-state index contributed by atoms with van der Waals surface area (Å²) in [4.78, 5) is 14.4. The molecule has 2 aromatic rings. The maximum Gasteiger partial charge on any atom is 0.416 e. The molecule has 0 saturated carbocycles. The van der Waals surface area contributed by atoms with E-state index in [1.54, 1.807) is 4.90 Å². The van der Waals surface area contributed by atoms with Gasteiger partial charge in [-0.05, 0) is 18.6 Å². The summed E-state index contributed by atoms with van der Waals surface area (Å²) in [6, 6.07) is 19.1. The second-order valence-electron chi connectivity index (χ2n) is 6.46. The van der Waals surface area contributed by atoms with Gasteiger partial charge >= 0.3 is 12.1 Å². The summed E-state index contributed by atoms with van der Waals surface area (Å²) in [5, 5.41) is 0. The summed E-state index contributed by atoms with van der Waals surface area (Å²) >= 11 is 0. The van der Waals surface area contributed by atoms with E-state index in [1.807, 2.05) is 73.7 Å². The largest absolute Gasteiger partial charge is 0.428 e. The van der Waals surface area contributed by atoms with Crippen molar-refractivity contribution in [1.29, 1.82) is 0 Å². The molecule has 0 aromatic heterocycles. The second kappa shape index (κ2) is 6.50. The molecule has 1 saturated heterocycles. The minimum absolute atomic E-state index is 0.152. The first-order valence-electron chi connectivity index (χ1n) is 8.70. The summed E-state index contributed by atoms with van der Waals surface area (Å²) in [6.45, 7) is 1.98. The Morgan fingerprint density at radius 2 is 1.73 bits per heavy atom. The van der Waals surface area contributed by atoms with E-state index >= 15 is 0 Å². The van der Waals surface area contributed by atoms with Crippen LogP contribution in [0.2, 0.25) is 0 Å². The number of hydrogen-bond acceptors (Lipinski definition) is 4. The Morgan fingerprint density at radius 1 is 1.08 bits per heavy atom. The Bertz CT molecular complexity index is 820. The van der Waals surface area contributed by atoms with Crippen LogP contribution < -0.4 is 0 Å². The first-order chi connectivity index (χ1) is 12.6. The van der Waals surface area contributed by atoms with Crippen molar-refractivity contribution in [3.63, 3.8) is 0 Å². The van der Waals surface area contributed by atoms with Crippen LogP contribution in [0.5, 0.6) is 0 Å². The topological polar surface area (TPSA) is 48.0 Å². The number of methoxy groups -OCH3 is 1. The van der Waals surface area contributed by atoms with Crippen LogP contribution in [0.4, 0.5) is 4.79 Å². The summed E-state index contributed by atoms with van der Waals surface area (Å²) in [5.74, 6) is -0.772. The highest BCUT2D eigenvalue weighted by Crippen LogP contribution is 2.44. The fourth-order valence-electron chi connectivity index (χ4n) is 3.62. The maximum absolute atomic E-state index is 12.7. The Hall–Kier alpha value is -2.79. The van der Waals surface area contributed by atoms with E-state index in [4.69, 9.17) is 14.2 Å². The molecule has 0 spiro atoms. The number of hydrogen-bond donors (Lipinski definition) is 0. The lowest BCUT2D eigenvalue weighted by atomic mass is 10.0. The molecule has 2 heterocycles. The highest BCUT2D eigenvalue weighted by Gasteiger charge is 2.60. The van der Waals surface area contributed by atoms with Crippen LogP contribution >= 0.6 is 0 Å². The number of nitrogens with zero attached hydrogens (tertiary/aromatic N) is 1. The van der Waals surface area contributed by atoms with Crippen LogP contribution in [-0.4, -0.2) is 30.1 Å². The van der Waals surface area contributed by atoms with E-state index in [1.165, 1.54) is 7.11 Å². The highest BCUT2D eigenvalue weighted by atomic mass is 16.9. The third-order valence-corrected chi connectivity index (χ3v) is 5.01. The quantitative estimate of drug-likeness (QED) is 0.823. The minimum atomic E-state index is -1.43. The molecule has 0 aliphatic carbocycles. The van der Waals surface area contributed by atoms with Crippen LogP contribution in [0, 0.1) is 0 Å². The molecule has 2 aliphatic heterocycles. The van der Waals surface area contributed by atoms with E-state index in [-0.39, 0.29) is 12.1 Å². The van der Waals surface area contributed by atoms with E-state index < -0.39 is 12.1 Å². The molecule has 3 unspecified atom stereocenters. The third kappa shape index (κ3) is 2.65. The van der Waals surface area contributed by atoms with Crippen LogP contribution in [0.25, 0.3) is 5.76 Å². The number of benzene rings is 2. The average molecular weight is 351 g/mol. The van der Waals surface area contributed by atoms with E-state index in [9.17, 15) is 4.79 Å². The molecule has 0 bridgehead atoms. The fourth-order valence-corrected chi connectivity index (χ4v) is 3.62. The van der Waals surface area contributed by atoms with E-state index in [0.717, 1.165) is 11.1 Å². The van der Waals surface area contributed by atoms with Crippen molar-refractivity contribution in [2.45, 2.75) is 31.4 Å². The molecule has 3 atom stereocenters. The number of ether oxygens (including phenoxy) is 3. The molecular formula is C21H21NO4. The average Bonchev–Trinajstić information content (AvgIpc) is 3.00. The number of amides is 1. The Labute approximate surface area is 152 Å². The predicted octanol–water partition coefficient (Wildman–Crippen LogP) is 4.33. The van der Waals surface area contributed by atoms with Gasteiger partial charge in [0.05, 0.1) is 6.04 Å². The van der Waals surface area contributed by atoms with Crippen molar-refractivity contribution in [2.75, 3.05) is 7.11 Å². The molecule has 1 amide bonds. The van der Waals surface area contributed by atoms with Crippen LogP contribution in [0.3, 0.4) is 0 Å². The van der Waals surface area contributed by atoms with Gasteiger partial charge in [0, 0.05) is 19.1 Å². The standard InChI is InChI=1S/C21H21NO4/c1-15(16-9-5-3-6-10-16)22-19-14-13-18(17-11-7-4-8-12-17)25-21(19,24-2)26-20(22)23/h3-13,15,19H,14H2,1-2H3. The third-order valence-electron chi connectivity index (χ3n) is 5.01. The van der Waals surface area contributed by atoms with E-state index in [0.29, 0.717) is 12.2 Å². The van der Waals surface area contributed by atoms with Crippen molar-refractivity contribution < 1.29 is 19.0 Å². The fraction of sp³-hybridized carbons (Fsp3) is 0.286. The zero-order valence-corrected chi connectivity index (χ0v) is 14.8. The number of carbonyl (C=O) groups excluding carboxylic acids is 1. The molecule has 2 aromatic carbocycles. The van der Waals surface area contributed by atoms with Crippen molar-refractivity contribution in [2.24, 2.45) is 0 Å². The summed E-state index contributed by atoms with van der Waals surface area (Å²) < 4.78 is 17.3. The number of fused-ring (bicyclic) bond motifs is 1. The molecule has 26 heavy (non-hydrogen) atoms. The van der Waals surface area contributed by atoms with Gasteiger partial charge in [-0.15, -0.1) is 0 Å². The van der Waals surface area contributed by atoms with Gasteiger partial charge in [0.25, 0.3) is 0 Å². The summed E-state index contributed by atoms with van der Waals surface area (Å²) in [6.07, 6.45) is 2.14. The Morgan fingerprint density at radius 3 is 2.38 bits per heavy atom. The van der Waals surface area contributed by atoms with Gasteiger partial charge in [-0.1, -0.05) is 60.7 Å². The molecule has 5 heteroatoms. The van der Waals surface area contributed by atoms with Gasteiger partial charge < -0.3 is 14.2 Å². The lowest BCUT2D eigenvalue weighted by Crippen LogP contribution is -2.50. The van der Waals surface area contributed by atoms with Gasteiger partial charge in [-0.25, -0.2) is 4.79 Å². The smallest absolute Gasteiger partial charge is 0.416 e. The van der Waals surface area contributed by atoms with Crippen LogP contribution in [-0.2, 0) is 14.2 Å². The zero-order valence-electron chi connectivity index (χ0n) is 14.8. The molecule has 2 aliphatic rings. The number of carbonyl (C=O) groups is 1. The predicted molar refractivity (Wildman–Crippen MR) is 96.8 cm³/mol. The van der Waals surface area contributed by atoms with Crippen molar-refractivity contribution in [1.82, 2.24) is 4.90 Å². The van der Waals surface area contributed by atoms with Crippen molar-refractivity contribution >= 4 is 11.9 Å². The maximum atomic E-state index is 12.7. The van der Waals surface area contributed by atoms with Crippen LogP contribution in [0.15, 0.2) is 66.7 Å². The molecule has 1 fully saturated rings. The molecule has 5 nitrogen and oxygen atoms in total. The SMILES string of the molecule is COC12OC(=O)N(C(C)c3ccccc3)C1CC=C(c1ccccc1)O2. The zero-order chi connectivity index (χ0) is 18.1. The Balaban J connectivity index is 1.67. The van der Waals surface area contributed by atoms with Gasteiger partial charge in [0.15, 0.2) is 0 Å². The van der Waals surface area contributed by atoms with Gasteiger partial charge in [0.1, 0.15) is 11.8 Å². The van der Waals surface area contributed by atoms with Gasteiger partial charge in [-0.3, -0.25) is 4.90 Å². The lowest BCUT2D eigenvalue weighted by Gasteiger charge is -2.37. The summed E-state index contributed by atoms with van der Waals surface area (Å²) in [7, 11) is 1.50. The van der Waals surface area contributed by atoms with Crippen molar-refractivity contribution in [3.8, 4) is 0 Å². The van der Waals surface area contributed by atoms with E-state index in [2.05, 4.69) is 0 Å². The first kappa shape index (κ1) is 16.7. The molecule has 0 N–H and O–H groups in total. The monoisotopic (exact) mass is 351 g/mol. The second-order valence-corrected chi connectivity index (χ2v) is 6.46. The Kier molecular flexibility index (Phi) is 4.17. The van der Waals surface area contributed by atoms with Gasteiger partial charge in [-0.2, -0.15) is 0 Å². The highest BCUT2D eigenvalue weighted by molar-refractivity contribution is 5.73. The molecule has 0 radical (unpaired) electrons. The molecular weight excluding hydrogens is 330 g/mol. The number of rotatable bonds is 4. The molecule has 4 rings (SSSR count). The normalized spacial score (nSPS) is 25.8. The summed E-state index contributed by atoms with van der Waals surface area (Å²) in [5.41, 5.74) is 1.96. The van der Waals surface area contributed by atoms with Gasteiger partial charge in [0.2, 0.25) is 0 Å². The minimum Gasteiger partial charge on any atom is -0.428 e. The van der Waals surface area contributed by atoms with Crippen molar-refractivity contribution in [3.05, 3.63) is 77.9 Å². The van der Waals surface area contributed by atoms with Crippen LogP contribution in [0.1, 0.15) is 30.5 Å². The molecule has 134 valence electrons. The lowest BCUT2D eigenvalue weighted by molar-refractivity contribution is -0.318.